The molecule has 246 valence electrons. The lowest BCUT2D eigenvalue weighted by atomic mass is 9.85. The van der Waals surface area contributed by atoms with Crippen LogP contribution in [0.2, 0.25) is 0 Å². The summed E-state index contributed by atoms with van der Waals surface area (Å²) in [6, 6.07) is -3.56. The topological polar surface area (TPSA) is 342 Å². The molecular formula is C23H44N4O15. The van der Waals surface area contributed by atoms with Gasteiger partial charge < -0.3 is 97.3 Å². The number of hydrogen-bond acceptors (Lipinski definition) is 19. The SMILES string of the molecule is NC[C@H]1O[C@H](O[C@H]2[C@H](O[C@@H]3O[C@H](CO)[C@@H](O[C@H]4O[C@@H](CO)[C@@H](O)[C@H](O)[C@H]4N)[C@H]3O)[C@@H](O)[C@H](O)C[C@@H]2N)[C@H](N)[C@@H](O)[C@@H]1O. The predicted octanol–water partition coefficient (Wildman–Crippen LogP) is -8.83. The molecule has 0 unspecified atom stereocenters. The molecule has 1 saturated carbocycles. The molecule has 3 heterocycles. The zero-order valence-electron chi connectivity index (χ0n) is 22.6. The highest BCUT2D eigenvalue weighted by molar-refractivity contribution is 5.01. The first-order chi connectivity index (χ1) is 19.8. The van der Waals surface area contributed by atoms with Crippen molar-refractivity contribution in [1.82, 2.24) is 0 Å². The molecule has 17 N–H and O–H groups in total. The number of ether oxygens (including phenoxy) is 6. The third-order valence-corrected chi connectivity index (χ3v) is 8.24. The lowest BCUT2D eigenvalue weighted by Gasteiger charge is -2.47. The van der Waals surface area contributed by atoms with Crippen molar-refractivity contribution in [2.24, 2.45) is 22.9 Å². The highest BCUT2D eigenvalue weighted by Crippen LogP contribution is 2.34. The summed E-state index contributed by atoms with van der Waals surface area (Å²) in [5, 5.41) is 92.4. The molecule has 0 bridgehead atoms. The largest absolute Gasteiger partial charge is 0.394 e. The molecule has 4 fully saturated rings. The molecule has 19 nitrogen and oxygen atoms in total. The number of aliphatic hydroxyl groups excluding tert-OH is 9. The fourth-order valence-electron chi connectivity index (χ4n) is 5.64. The third-order valence-electron chi connectivity index (χ3n) is 8.24. The summed E-state index contributed by atoms with van der Waals surface area (Å²) in [6.45, 7) is -1.55. The Morgan fingerprint density at radius 2 is 1.02 bits per heavy atom. The zero-order chi connectivity index (χ0) is 31.0. The summed E-state index contributed by atoms with van der Waals surface area (Å²) in [5.74, 6) is 0. The van der Waals surface area contributed by atoms with E-state index in [2.05, 4.69) is 0 Å². The smallest absolute Gasteiger partial charge is 0.187 e. The zero-order valence-corrected chi connectivity index (χ0v) is 22.6. The van der Waals surface area contributed by atoms with E-state index in [1.54, 1.807) is 0 Å². The monoisotopic (exact) mass is 616 g/mol. The molecule has 1 aliphatic carbocycles. The van der Waals surface area contributed by atoms with Gasteiger partial charge >= 0.3 is 0 Å². The number of aliphatic hydroxyl groups is 9. The average Bonchev–Trinajstić information content (AvgIpc) is 3.27. The lowest BCUT2D eigenvalue weighted by molar-refractivity contribution is -0.311. The highest BCUT2D eigenvalue weighted by Gasteiger charge is 2.54. The Morgan fingerprint density at radius 1 is 0.548 bits per heavy atom. The van der Waals surface area contributed by atoms with Gasteiger partial charge in [-0.3, -0.25) is 0 Å². The molecule has 4 aliphatic rings. The molecule has 0 amide bonds. The first-order valence-electron chi connectivity index (χ1n) is 13.7. The van der Waals surface area contributed by atoms with Crippen LogP contribution in [0.1, 0.15) is 6.42 Å². The van der Waals surface area contributed by atoms with Crippen molar-refractivity contribution in [2.75, 3.05) is 19.8 Å². The van der Waals surface area contributed by atoms with Crippen molar-refractivity contribution in [3.63, 3.8) is 0 Å². The van der Waals surface area contributed by atoms with Gasteiger partial charge in [0, 0.05) is 12.6 Å². The van der Waals surface area contributed by atoms with E-state index in [0.29, 0.717) is 0 Å². The second kappa shape index (κ2) is 14.1. The van der Waals surface area contributed by atoms with E-state index in [9.17, 15) is 46.0 Å². The molecule has 0 radical (unpaired) electrons. The van der Waals surface area contributed by atoms with Gasteiger partial charge in [0.05, 0.1) is 31.4 Å². The predicted molar refractivity (Wildman–Crippen MR) is 134 cm³/mol. The van der Waals surface area contributed by atoms with Crippen molar-refractivity contribution >= 4 is 0 Å². The standard InChI is InChI=1S/C23H44N4O15/c24-2-7-13(32)15(34)10(26)21(37-7)40-18-5(25)1-6(30)12(31)20(18)42-23-17(36)19(9(4-29)39-23)41-22-11(27)16(35)14(33)8(3-28)38-22/h5-23,28-36H,1-4,24-27H2/t5-,6+,7+,8-,9+,10+,11+,12-,13+,14+,15+,16+,17+,18+,19+,20+,21+,22+,23-/m0/s1. The molecule has 4 rings (SSSR count). The Balaban J connectivity index is 1.50. The number of nitrogens with two attached hydrogens (primary N) is 4. The minimum atomic E-state index is -1.68. The van der Waals surface area contributed by atoms with E-state index >= 15 is 0 Å². The summed E-state index contributed by atoms with van der Waals surface area (Å²) < 4.78 is 34.2. The van der Waals surface area contributed by atoms with Gasteiger partial charge in [-0.05, 0) is 6.42 Å². The summed E-state index contributed by atoms with van der Waals surface area (Å²) in [5.41, 5.74) is 23.8. The van der Waals surface area contributed by atoms with Crippen LogP contribution >= 0.6 is 0 Å². The Bertz CT molecular complexity index is 865. The fraction of sp³-hybridized carbons (Fsp3) is 1.00. The van der Waals surface area contributed by atoms with Crippen LogP contribution in [0.5, 0.6) is 0 Å². The summed E-state index contributed by atoms with van der Waals surface area (Å²) in [7, 11) is 0. The van der Waals surface area contributed by atoms with E-state index in [1.807, 2.05) is 0 Å². The van der Waals surface area contributed by atoms with Gasteiger partial charge in [0.25, 0.3) is 0 Å². The molecular weight excluding hydrogens is 572 g/mol. The van der Waals surface area contributed by atoms with Crippen molar-refractivity contribution in [1.29, 1.82) is 0 Å². The quantitative estimate of drug-likeness (QED) is 0.114. The van der Waals surface area contributed by atoms with Crippen LogP contribution in [-0.2, 0) is 28.4 Å². The molecule has 3 aliphatic heterocycles. The van der Waals surface area contributed by atoms with E-state index in [-0.39, 0.29) is 13.0 Å². The Labute approximate surface area is 240 Å². The maximum Gasteiger partial charge on any atom is 0.187 e. The molecule has 3 saturated heterocycles. The first kappa shape index (κ1) is 34.1. The molecule has 42 heavy (non-hydrogen) atoms. The van der Waals surface area contributed by atoms with Crippen molar-refractivity contribution < 1.29 is 74.4 Å². The van der Waals surface area contributed by atoms with Gasteiger partial charge in [-0.25, -0.2) is 0 Å². The summed E-state index contributed by atoms with van der Waals surface area (Å²) >= 11 is 0. The normalized spacial score (nSPS) is 53.8. The third kappa shape index (κ3) is 6.60. The second-order valence-electron chi connectivity index (χ2n) is 11.1. The van der Waals surface area contributed by atoms with Gasteiger partial charge in [0.2, 0.25) is 0 Å². The van der Waals surface area contributed by atoms with E-state index in [0.717, 1.165) is 0 Å². The van der Waals surface area contributed by atoms with Crippen molar-refractivity contribution in [2.45, 2.75) is 123 Å². The van der Waals surface area contributed by atoms with Crippen LogP contribution in [-0.4, -0.2) is 182 Å². The van der Waals surface area contributed by atoms with Crippen LogP contribution < -0.4 is 22.9 Å². The van der Waals surface area contributed by atoms with E-state index < -0.39 is 130 Å². The maximum absolute atomic E-state index is 11.1. The molecule has 19 heteroatoms. The summed E-state index contributed by atoms with van der Waals surface area (Å²) in [6.07, 6.45) is -22.9. The molecule has 0 spiro atoms. The van der Waals surface area contributed by atoms with Crippen molar-refractivity contribution in [3.8, 4) is 0 Å². The lowest BCUT2D eigenvalue weighted by Crippen LogP contribution is -2.67. The Morgan fingerprint density at radius 3 is 1.57 bits per heavy atom. The molecule has 0 aromatic rings. The van der Waals surface area contributed by atoms with Crippen LogP contribution in [0.15, 0.2) is 0 Å². The molecule has 19 atom stereocenters. The molecule has 0 aromatic heterocycles. The van der Waals surface area contributed by atoms with Crippen LogP contribution in [0.3, 0.4) is 0 Å². The fourth-order valence-corrected chi connectivity index (χ4v) is 5.64. The Kier molecular flexibility index (Phi) is 11.5. The maximum atomic E-state index is 11.1. The van der Waals surface area contributed by atoms with Crippen molar-refractivity contribution in [3.05, 3.63) is 0 Å². The number of hydrogen-bond donors (Lipinski definition) is 13. The van der Waals surface area contributed by atoms with Gasteiger partial charge in [-0.15, -0.1) is 0 Å². The van der Waals surface area contributed by atoms with Crippen LogP contribution in [0, 0.1) is 0 Å². The Hall–Kier alpha value is -0.760. The summed E-state index contributed by atoms with van der Waals surface area (Å²) in [4.78, 5) is 0. The minimum Gasteiger partial charge on any atom is -0.394 e. The van der Waals surface area contributed by atoms with Gasteiger partial charge in [-0.1, -0.05) is 0 Å². The van der Waals surface area contributed by atoms with Crippen LogP contribution in [0.4, 0.5) is 0 Å². The average molecular weight is 617 g/mol. The van der Waals surface area contributed by atoms with Gasteiger partial charge in [-0.2, -0.15) is 0 Å². The van der Waals surface area contributed by atoms with Gasteiger partial charge in [0.15, 0.2) is 18.9 Å². The highest BCUT2D eigenvalue weighted by atomic mass is 16.8. The second-order valence-corrected chi connectivity index (χ2v) is 11.1. The molecule has 0 aromatic carbocycles. The van der Waals surface area contributed by atoms with E-state index in [4.69, 9.17) is 51.4 Å². The minimum absolute atomic E-state index is 0.144. The van der Waals surface area contributed by atoms with Gasteiger partial charge in [0.1, 0.15) is 73.2 Å². The number of rotatable bonds is 9. The van der Waals surface area contributed by atoms with E-state index in [1.165, 1.54) is 0 Å². The van der Waals surface area contributed by atoms with Crippen LogP contribution in [0.25, 0.3) is 0 Å². The first-order valence-corrected chi connectivity index (χ1v) is 13.7.